The van der Waals surface area contributed by atoms with Crippen molar-refractivity contribution >= 4 is 39.5 Å². The van der Waals surface area contributed by atoms with Crippen LogP contribution in [0.2, 0.25) is 0 Å². The second-order valence-corrected chi connectivity index (χ2v) is 7.04. The molecule has 1 N–H and O–H groups in total. The third-order valence-electron chi connectivity index (χ3n) is 5.03. The first kappa shape index (κ1) is 20.2. The van der Waals surface area contributed by atoms with E-state index in [-0.39, 0.29) is 5.56 Å². The van der Waals surface area contributed by atoms with E-state index in [0.29, 0.717) is 22.7 Å². The van der Waals surface area contributed by atoms with Gasteiger partial charge in [-0.15, -0.1) is 5.10 Å². The smallest absolute Gasteiger partial charge is 0.340 e. The fourth-order valence-electron chi connectivity index (χ4n) is 3.53. The van der Waals surface area contributed by atoms with Crippen molar-refractivity contribution in [1.29, 1.82) is 0 Å². The van der Waals surface area contributed by atoms with Gasteiger partial charge in [-0.3, -0.25) is 4.79 Å². The van der Waals surface area contributed by atoms with Crippen molar-refractivity contribution in [1.82, 2.24) is 20.2 Å². The Morgan fingerprint density at radius 3 is 2.67 bits per heavy atom. The molecular weight excluding hydrogens is 426 g/mol. The molecule has 0 bridgehead atoms. The van der Waals surface area contributed by atoms with Gasteiger partial charge in [0.25, 0.3) is 5.91 Å². The fourth-order valence-corrected chi connectivity index (χ4v) is 3.53. The zero-order chi connectivity index (χ0) is 22.8. The van der Waals surface area contributed by atoms with Crippen LogP contribution in [-0.2, 0) is 9.53 Å². The summed E-state index contributed by atoms with van der Waals surface area (Å²) < 4.78 is 17.9. The lowest BCUT2D eigenvalue weighted by molar-refractivity contribution is -0.119. The van der Waals surface area contributed by atoms with Crippen LogP contribution < -0.4 is 10.1 Å². The van der Waals surface area contributed by atoms with Gasteiger partial charge in [-0.25, -0.2) is 4.79 Å². The van der Waals surface area contributed by atoms with Gasteiger partial charge >= 0.3 is 5.97 Å². The average molecular weight is 443 g/mol. The number of nitrogens with one attached hydrogen (secondary N) is 1. The number of methoxy groups -OCH3 is 1. The predicted molar refractivity (Wildman–Crippen MR) is 118 cm³/mol. The molecule has 0 aliphatic rings. The number of esters is 1. The number of fused-ring (bicyclic) bond motifs is 3. The summed E-state index contributed by atoms with van der Waals surface area (Å²) in [5.41, 5.74) is 2.39. The van der Waals surface area contributed by atoms with Gasteiger partial charge in [0.15, 0.2) is 6.61 Å². The van der Waals surface area contributed by atoms with Crippen LogP contribution in [-0.4, -0.2) is 45.8 Å². The summed E-state index contributed by atoms with van der Waals surface area (Å²) in [4.78, 5) is 25.1. The summed E-state index contributed by atoms with van der Waals surface area (Å²) in [5.74, 6) is -0.759. The van der Waals surface area contributed by atoms with Crippen molar-refractivity contribution in [3.63, 3.8) is 0 Å². The molecule has 5 rings (SSSR count). The molecule has 0 fully saturated rings. The second kappa shape index (κ2) is 8.42. The van der Waals surface area contributed by atoms with E-state index in [2.05, 4.69) is 20.8 Å². The molecule has 0 saturated heterocycles. The molecule has 0 aliphatic heterocycles. The van der Waals surface area contributed by atoms with Crippen molar-refractivity contribution in [2.24, 2.45) is 0 Å². The topological polar surface area (TPSA) is 121 Å². The van der Waals surface area contributed by atoms with E-state index < -0.39 is 18.5 Å². The molecule has 0 aliphatic carbocycles. The van der Waals surface area contributed by atoms with Crippen molar-refractivity contribution < 1.29 is 23.5 Å². The van der Waals surface area contributed by atoms with E-state index in [1.807, 2.05) is 24.3 Å². The number of rotatable bonds is 6. The normalized spacial score (nSPS) is 10.9. The molecule has 10 nitrogen and oxygen atoms in total. The number of carbonyl (C=O) groups excluding carboxylic acids is 2. The number of aromatic nitrogens is 4. The van der Waals surface area contributed by atoms with E-state index in [9.17, 15) is 9.59 Å². The van der Waals surface area contributed by atoms with Crippen LogP contribution in [0.3, 0.4) is 0 Å². The second-order valence-electron chi connectivity index (χ2n) is 7.04. The number of anilines is 1. The first-order chi connectivity index (χ1) is 16.1. The van der Waals surface area contributed by atoms with Crippen molar-refractivity contribution in [3.8, 4) is 11.4 Å². The van der Waals surface area contributed by atoms with Crippen molar-refractivity contribution in [3.05, 3.63) is 72.6 Å². The number of furan rings is 1. The molecule has 164 valence electrons. The summed E-state index contributed by atoms with van der Waals surface area (Å²) in [6.07, 6.45) is 1.36. The van der Waals surface area contributed by atoms with E-state index in [0.717, 1.165) is 16.4 Å². The zero-order valence-electron chi connectivity index (χ0n) is 17.4. The molecule has 0 unspecified atom stereocenters. The minimum absolute atomic E-state index is 0.221. The zero-order valence-corrected chi connectivity index (χ0v) is 17.4. The van der Waals surface area contributed by atoms with Gasteiger partial charge in [-0.1, -0.05) is 30.3 Å². The monoisotopic (exact) mass is 443 g/mol. The summed E-state index contributed by atoms with van der Waals surface area (Å²) >= 11 is 0. The average Bonchev–Trinajstić information content (AvgIpc) is 3.50. The molecule has 2 aromatic heterocycles. The van der Waals surface area contributed by atoms with Gasteiger partial charge in [0.05, 0.1) is 24.0 Å². The lowest BCUT2D eigenvalue weighted by atomic mass is 10.1. The highest BCUT2D eigenvalue weighted by Crippen LogP contribution is 2.36. The van der Waals surface area contributed by atoms with Crippen LogP contribution in [0, 0.1) is 0 Å². The van der Waals surface area contributed by atoms with Crippen LogP contribution in [0.4, 0.5) is 5.69 Å². The highest BCUT2D eigenvalue weighted by Gasteiger charge is 2.18. The first-order valence-corrected chi connectivity index (χ1v) is 9.92. The molecule has 3 aromatic carbocycles. The SMILES string of the molecule is COc1cc2c(cc1NC(=O)COC(=O)c1ccccc1-n1cnnn1)oc1ccccc12. The quantitative estimate of drug-likeness (QED) is 0.397. The molecular formula is C23H17N5O5. The van der Waals surface area contributed by atoms with Crippen molar-refractivity contribution in [2.75, 3.05) is 19.0 Å². The van der Waals surface area contributed by atoms with E-state index in [4.69, 9.17) is 13.9 Å². The van der Waals surface area contributed by atoms with Crippen LogP contribution in [0.15, 0.2) is 71.4 Å². The van der Waals surface area contributed by atoms with Crippen LogP contribution >= 0.6 is 0 Å². The Hall–Kier alpha value is -4.73. The Bertz CT molecular complexity index is 1480. The minimum Gasteiger partial charge on any atom is -0.495 e. The largest absolute Gasteiger partial charge is 0.495 e. The number of para-hydroxylation sites is 2. The summed E-state index contributed by atoms with van der Waals surface area (Å²) in [7, 11) is 1.51. The van der Waals surface area contributed by atoms with Crippen molar-refractivity contribution in [2.45, 2.75) is 0 Å². The Kier molecular flexibility index (Phi) is 5.15. The molecule has 10 heteroatoms. The lowest BCUT2D eigenvalue weighted by Crippen LogP contribution is -2.22. The fraction of sp³-hybridized carbons (Fsp3) is 0.0870. The third-order valence-corrected chi connectivity index (χ3v) is 5.03. The highest BCUT2D eigenvalue weighted by molar-refractivity contribution is 6.08. The summed E-state index contributed by atoms with van der Waals surface area (Å²) in [5, 5.41) is 15.4. The maximum absolute atomic E-state index is 12.6. The molecule has 0 radical (unpaired) electrons. The van der Waals surface area contributed by atoms with E-state index in [1.165, 1.54) is 18.1 Å². The molecule has 5 aromatic rings. The number of ether oxygens (including phenoxy) is 2. The molecule has 0 saturated carbocycles. The molecule has 0 spiro atoms. The maximum Gasteiger partial charge on any atom is 0.340 e. The number of carbonyl (C=O) groups is 2. The Morgan fingerprint density at radius 1 is 1.03 bits per heavy atom. The Balaban J connectivity index is 1.33. The summed E-state index contributed by atoms with van der Waals surface area (Å²) in [6.45, 7) is -0.496. The predicted octanol–water partition coefficient (Wildman–Crippen LogP) is 3.37. The van der Waals surface area contributed by atoms with Crippen LogP contribution in [0.1, 0.15) is 10.4 Å². The number of nitrogens with zero attached hydrogens (tertiary/aromatic N) is 4. The molecule has 0 atom stereocenters. The Morgan fingerprint density at radius 2 is 1.85 bits per heavy atom. The summed E-state index contributed by atoms with van der Waals surface area (Å²) in [6, 6.07) is 17.8. The number of benzene rings is 3. The van der Waals surface area contributed by atoms with Gasteiger partial charge in [-0.2, -0.15) is 4.68 Å². The lowest BCUT2D eigenvalue weighted by Gasteiger charge is -2.11. The molecule has 2 heterocycles. The van der Waals surface area contributed by atoms with Gasteiger partial charge in [0.1, 0.15) is 23.2 Å². The van der Waals surface area contributed by atoms with Crippen LogP contribution in [0.5, 0.6) is 5.75 Å². The van der Waals surface area contributed by atoms with Gasteiger partial charge in [0, 0.05) is 16.8 Å². The number of hydrogen-bond acceptors (Lipinski definition) is 8. The highest BCUT2D eigenvalue weighted by atomic mass is 16.5. The number of amides is 1. The number of hydrogen-bond donors (Lipinski definition) is 1. The van der Waals surface area contributed by atoms with Gasteiger partial charge in [-0.05, 0) is 34.7 Å². The Labute approximate surface area is 186 Å². The van der Waals surface area contributed by atoms with Gasteiger partial charge in [0.2, 0.25) is 0 Å². The number of tetrazole rings is 1. The van der Waals surface area contributed by atoms with Crippen LogP contribution in [0.25, 0.3) is 27.6 Å². The maximum atomic E-state index is 12.6. The molecule has 1 amide bonds. The first-order valence-electron chi connectivity index (χ1n) is 9.92. The standard InChI is InChI=1S/C23H17N5O5/c1-31-21-10-16-14-6-3-5-9-19(14)33-20(16)11-17(21)25-22(29)12-32-23(30)15-7-2-4-8-18(15)28-13-24-26-27-28/h2-11,13H,12H2,1H3,(H,25,29). The minimum atomic E-state index is -0.684. The molecule has 33 heavy (non-hydrogen) atoms. The van der Waals surface area contributed by atoms with Gasteiger partial charge < -0.3 is 19.2 Å². The van der Waals surface area contributed by atoms with E-state index >= 15 is 0 Å². The van der Waals surface area contributed by atoms with E-state index in [1.54, 1.807) is 36.4 Å². The third kappa shape index (κ3) is 3.85.